The van der Waals surface area contributed by atoms with Crippen molar-refractivity contribution in [1.82, 2.24) is 19.5 Å². The number of nitrogens with one attached hydrogen (secondary N) is 1. The number of sulfonamides is 1. The summed E-state index contributed by atoms with van der Waals surface area (Å²) in [5.74, 6) is 0.310. The molecule has 4 atom stereocenters. The topological polar surface area (TPSA) is 99.7 Å². The van der Waals surface area contributed by atoms with Crippen LogP contribution in [0.1, 0.15) is 43.6 Å². The van der Waals surface area contributed by atoms with Gasteiger partial charge in [0.2, 0.25) is 21.8 Å². The molecular formula is C29H30Cl2N4O4S. The molecule has 0 radical (unpaired) electrons. The monoisotopic (exact) mass is 600 g/mol. The van der Waals surface area contributed by atoms with E-state index < -0.39 is 16.1 Å². The summed E-state index contributed by atoms with van der Waals surface area (Å²) >= 11 is 12.0. The minimum atomic E-state index is -3.95. The van der Waals surface area contributed by atoms with Gasteiger partial charge in [0.1, 0.15) is 11.2 Å². The van der Waals surface area contributed by atoms with Crippen LogP contribution in [0.15, 0.2) is 59.6 Å². The Bertz CT molecular complexity index is 1570. The molecule has 3 aliphatic rings. The number of hydrogen-bond acceptors (Lipinski definition) is 5. The molecule has 0 spiro atoms. The molecule has 2 saturated heterocycles. The fraction of sp³-hybridized carbons (Fsp3) is 0.414. The third kappa shape index (κ3) is 5.57. The minimum absolute atomic E-state index is 0.0375. The fourth-order valence-corrected chi connectivity index (χ4v) is 7.81. The van der Waals surface area contributed by atoms with Crippen molar-refractivity contribution in [2.75, 3.05) is 19.6 Å². The van der Waals surface area contributed by atoms with Gasteiger partial charge in [0.25, 0.3) is 0 Å². The lowest BCUT2D eigenvalue weighted by Crippen LogP contribution is -2.55. The standard InChI is InChI=1S/C29H30Cl2N4O4S/c30-21-8-5-19-14-22(9-6-18(19)13-21)40(38,39)33-25-3-1-11-34(29(25)37)17-28(36)35-12-2-4-26(35)24-15-23(24)20-7-10-27(31)32-16-20/h5-10,13-14,16,23-26,33H,1-4,11-12,15,17H2/t23-,24?,25+,26-/m1/s1. The van der Waals surface area contributed by atoms with Gasteiger partial charge in [0, 0.05) is 30.4 Å². The average Bonchev–Trinajstić information content (AvgIpc) is 3.57. The van der Waals surface area contributed by atoms with E-state index in [4.69, 9.17) is 23.2 Å². The molecule has 2 aliphatic heterocycles. The van der Waals surface area contributed by atoms with Crippen LogP contribution < -0.4 is 4.72 Å². The Morgan fingerprint density at radius 3 is 2.58 bits per heavy atom. The molecule has 8 nitrogen and oxygen atoms in total. The van der Waals surface area contributed by atoms with Crippen LogP contribution in [0.4, 0.5) is 0 Å². The van der Waals surface area contributed by atoms with E-state index in [1.54, 1.807) is 36.4 Å². The maximum Gasteiger partial charge on any atom is 0.242 e. The first-order chi connectivity index (χ1) is 19.2. The molecule has 11 heteroatoms. The second kappa shape index (κ2) is 10.9. The van der Waals surface area contributed by atoms with Crippen molar-refractivity contribution in [2.24, 2.45) is 5.92 Å². The van der Waals surface area contributed by atoms with E-state index in [0.717, 1.165) is 35.6 Å². The number of likely N-dealkylation sites (tertiary alicyclic amines) is 2. The summed E-state index contributed by atoms with van der Waals surface area (Å²) < 4.78 is 29.0. The Hall–Kier alpha value is -2.72. The van der Waals surface area contributed by atoms with Gasteiger partial charge in [-0.15, -0.1) is 0 Å². The molecule has 3 aromatic rings. The molecule has 1 N–H and O–H groups in total. The number of amides is 2. The quantitative estimate of drug-likeness (QED) is 0.399. The van der Waals surface area contributed by atoms with E-state index in [0.29, 0.717) is 47.9 Å². The van der Waals surface area contributed by atoms with Crippen LogP contribution in [0.5, 0.6) is 0 Å². The predicted molar refractivity (Wildman–Crippen MR) is 154 cm³/mol. The third-order valence-corrected chi connectivity index (χ3v) is 10.3. The van der Waals surface area contributed by atoms with Crippen molar-refractivity contribution in [3.8, 4) is 0 Å². The van der Waals surface area contributed by atoms with Crippen LogP contribution in [-0.2, 0) is 19.6 Å². The molecule has 2 amide bonds. The van der Waals surface area contributed by atoms with E-state index >= 15 is 0 Å². The van der Waals surface area contributed by atoms with Crippen LogP contribution in [0.3, 0.4) is 0 Å². The molecule has 2 aromatic carbocycles. The van der Waals surface area contributed by atoms with E-state index in [1.165, 1.54) is 11.0 Å². The number of benzene rings is 2. The molecule has 210 valence electrons. The van der Waals surface area contributed by atoms with Crippen LogP contribution in [0, 0.1) is 5.92 Å². The van der Waals surface area contributed by atoms with Gasteiger partial charge in [-0.1, -0.05) is 41.4 Å². The number of hydrogen-bond donors (Lipinski definition) is 1. The minimum Gasteiger partial charge on any atom is -0.338 e. The Labute approximate surface area is 243 Å². The van der Waals surface area contributed by atoms with Crippen molar-refractivity contribution >= 4 is 55.8 Å². The second-order valence-electron chi connectivity index (χ2n) is 10.9. The lowest BCUT2D eigenvalue weighted by molar-refractivity contribution is -0.143. The highest BCUT2D eigenvalue weighted by Gasteiger charge is 2.49. The maximum atomic E-state index is 13.4. The number of halogens is 2. The number of nitrogens with zero attached hydrogens (tertiary/aromatic N) is 3. The van der Waals surface area contributed by atoms with Crippen molar-refractivity contribution in [2.45, 2.75) is 55.0 Å². The van der Waals surface area contributed by atoms with Crippen molar-refractivity contribution in [3.05, 3.63) is 70.5 Å². The normalized spacial score (nSPS) is 25.0. The van der Waals surface area contributed by atoms with Gasteiger partial charge in [-0.2, -0.15) is 4.72 Å². The molecule has 0 bridgehead atoms. The number of fused-ring (bicyclic) bond motifs is 1. The molecule has 40 heavy (non-hydrogen) atoms. The first-order valence-corrected chi connectivity index (χ1v) is 15.8. The van der Waals surface area contributed by atoms with E-state index in [-0.39, 0.29) is 29.3 Å². The lowest BCUT2D eigenvalue weighted by atomic mass is 10.0. The van der Waals surface area contributed by atoms with E-state index in [2.05, 4.69) is 9.71 Å². The summed E-state index contributed by atoms with van der Waals surface area (Å²) in [6, 6.07) is 13.0. The fourth-order valence-electron chi connectivity index (χ4n) is 6.25. The smallest absolute Gasteiger partial charge is 0.242 e. The number of carbonyl (C=O) groups is 2. The van der Waals surface area contributed by atoms with Gasteiger partial charge in [-0.25, -0.2) is 13.4 Å². The number of pyridine rings is 1. The molecule has 3 fully saturated rings. The van der Waals surface area contributed by atoms with Crippen LogP contribution in [0.25, 0.3) is 10.8 Å². The van der Waals surface area contributed by atoms with Gasteiger partial charge < -0.3 is 9.80 Å². The lowest BCUT2D eigenvalue weighted by Gasteiger charge is -2.34. The zero-order chi connectivity index (χ0) is 28.0. The van der Waals surface area contributed by atoms with Gasteiger partial charge in [-0.3, -0.25) is 9.59 Å². The van der Waals surface area contributed by atoms with Crippen molar-refractivity contribution < 1.29 is 18.0 Å². The third-order valence-electron chi connectivity index (χ3n) is 8.37. The average molecular weight is 602 g/mol. The van der Waals surface area contributed by atoms with Crippen molar-refractivity contribution in [1.29, 1.82) is 0 Å². The molecule has 1 aromatic heterocycles. The maximum absolute atomic E-state index is 13.4. The van der Waals surface area contributed by atoms with Gasteiger partial charge in [-0.05, 0) is 90.6 Å². The van der Waals surface area contributed by atoms with Crippen molar-refractivity contribution in [3.63, 3.8) is 0 Å². The summed E-state index contributed by atoms with van der Waals surface area (Å²) in [4.78, 5) is 34.4. The Balaban J connectivity index is 1.10. The number of rotatable bonds is 7. The number of piperidine rings is 1. The highest BCUT2D eigenvalue weighted by molar-refractivity contribution is 7.89. The van der Waals surface area contributed by atoms with Gasteiger partial charge in [0.15, 0.2) is 0 Å². The predicted octanol–water partition coefficient (Wildman–Crippen LogP) is 4.61. The Kier molecular flexibility index (Phi) is 7.50. The first-order valence-electron chi connectivity index (χ1n) is 13.6. The number of aromatic nitrogens is 1. The van der Waals surface area contributed by atoms with E-state index in [1.807, 2.05) is 17.2 Å². The van der Waals surface area contributed by atoms with E-state index in [9.17, 15) is 18.0 Å². The molecular weight excluding hydrogens is 571 g/mol. The number of carbonyl (C=O) groups excluding carboxylic acids is 2. The molecule has 1 aliphatic carbocycles. The summed E-state index contributed by atoms with van der Waals surface area (Å²) in [6.07, 6.45) is 5.70. The molecule has 6 rings (SSSR count). The summed E-state index contributed by atoms with van der Waals surface area (Å²) in [6.45, 7) is 1.07. The zero-order valence-electron chi connectivity index (χ0n) is 21.8. The molecule has 1 saturated carbocycles. The largest absolute Gasteiger partial charge is 0.338 e. The van der Waals surface area contributed by atoms with Crippen LogP contribution in [-0.4, -0.2) is 66.7 Å². The molecule has 3 heterocycles. The SMILES string of the molecule is O=C1[C@@H](NS(=O)(=O)c2ccc3cc(Cl)ccc3c2)CCCN1CC(=O)N1CCC[C@@H]1C1C[C@@H]1c1ccc(Cl)nc1. The Morgan fingerprint density at radius 1 is 1.00 bits per heavy atom. The van der Waals surface area contributed by atoms with Gasteiger partial charge in [0.05, 0.1) is 11.4 Å². The summed E-state index contributed by atoms with van der Waals surface area (Å²) in [5.41, 5.74) is 1.14. The molecule has 1 unspecified atom stereocenters. The first kappa shape index (κ1) is 27.4. The van der Waals surface area contributed by atoms with Crippen LogP contribution in [0.2, 0.25) is 10.2 Å². The highest BCUT2D eigenvalue weighted by Crippen LogP contribution is 2.52. The van der Waals surface area contributed by atoms with Crippen LogP contribution >= 0.6 is 23.2 Å². The second-order valence-corrected chi connectivity index (χ2v) is 13.5. The Morgan fingerprint density at radius 2 is 1.77 bits per heavy atom. The van der Waals surface area contributed by atoms with Gasteiger partial charge >= 0.3 is 0 Å². The highest BCUT2D eigenvalue weighted by atomic mass is 35.5. The summed E-state index contributed by atoms with van der Waals surface area (Å²) in [7, 11) is -3.95. The summed E-state index contributed by atoms with van der Waals surface area (Å²) in [5, 5.41) is 2.60. The zero-order valence-corrected chi connectivity index (χ0v) is 24.1.